The van der Waals surface area contributed by atoms with Gasteiger partial charge in [-0.1, -0.05) is 90.4 Å². The zero-order valence-electron chi connectivity index (χ0n) is 16.3. The Bertz CT molecular complexity index is 243. The summed E-state index contributed by atoms with van der Waals surface area (Å²) in [5.41, 5.74) is 4.47. The van der Waals surface area contributed by atoms with Crippen LogP contribution in [0.1, 0.15) is 110 Å². The first kappa shape index (κ1) is 25.6. The second-order valence-corrected chi connectivity index (χ2v) is 6.81. The molecule has 0 heterocycles. The van der Waals surface area contributed by atoms with Gasteiger partial charge in [0.15, 0.2) is 0 Å². The maximum absolute atomic E-state index is 9.47. The zero-order valence-corrected chi connectivity index (χ0v) is 16.3. The van der Waals surface area contributed by atoms with Gasteiger partial charge in [0.2, 0.25) is 5.91 Å². The number of hydrogen-bond acceptors (Lipinski definition) is 3. The Labute approximate surface area is 150 Å². The minimum atomic E-state index is -0.333. The second kappa shape index (κ2) is 22.4. The minimum absolute atomic E-state index is 0.111. The van der Waals surface area contributed by atoms with Crippen molar-refractivity contribution in [3.63, 3.8) is 0 Å². The van der Waals surface area contributed by atoms with Crippen molar-refractivity contribution in [2.45, 2.75) is 116 Å². The highest BCUT2D eigenvalue weighted by Crippen LogP contribution is 2.13. The lowest BCUT2D eigenvalue weighted by Crippen LogP contribution is -2.08. The van der Waals surface area contributed by atoms with Gasteiger partial charge in [-0.15, -0.1) is 0 Å². The van der Waals surface area contributed by atoms with Gasteiger partial charge in [-0.3, -0.25) is 4.79 Å². The van der Waals surface area contributed by atoms with Crippen LogP contribution in [0.4, 0.5) is 0 Å². The normalized spacial score (nSPS) is 11.7. The summed E-state index contributed by atoms with van der Waals surface area (Å²) in [7, 11) is 0. The van der Waals surface area contributed by atoms with Gasteiger partial charge in [0.05, 0.1) is 6.10 Å². The highest BCUT2D eigenvalue weighted by atomic mass is 16.3. The van der Waals surface area contributed by atoms with Crippen molar-refractivity contribution in [2.24, 2.45) is 5.73 Å². The third-order valence-corrected chi connectivity index (χ3v) is 4.10. The van der Waals surface area contributed by atoms with E-state index < -0.39 is 0 Å². The Kier molecular flexibility index (Phi) is 23.9. The number of primary amides is 1. The Morgan fingerprint density at radius 3 is 1.46 bits per heavy atom. The number of hydrogen-bond donors (Lipinski definition) is 3. The maximum atomic E-state index is 9.47. The number of aliphatic hydroxyl groups is 2. The van der Waals surface area contributed by atoms with Crippen molar-refractivity contribution in [3.8, 4) is 0 Å². The van der Waals surface area contributed by atoms with E-state index in [0.29, 0.717) is 6.42 Å². The number of unbranched alkanes of at least 4 members (excludes halogenated alkanes) is 12. The Hall–Kier alpha value is -0.610. The molecule has 0 spiro atoms. The lowest BCUT2D eigenvalue weighted by Gasteiger charge is -2.08. The summed E-state index contributed by atoms with van der Waals surface area (Å²) in [4.78, 5) is 9.22. The molecule has 0 saturated heterocycles. The summed E-state index contributed by atoms with van der Waals surface area (Å²) in [6, 6.07) is 0. The van der Waals surface area contributed by atoms with Crippen LogP contribution in [0.3, 0.4) is 0 Å². The molecule has 1 unspecified atom stereocenters. The lowest BCUT2D eigenvalue weighted by molar-refractivity contribution is -0.115. The van der Waals surface area contributed by atoms with Gasteiger partial charge in [-0.05, 0) is 12.8 Å². The van der Waals surface area contributed by atoms with Crippen molar-refractivity contribution < 1.29 is 15.0 Å². The lowest BCUT2D eigenvalue weighted by atomic mass is 10.0. The van der Waals surface area contributed by atoms with Gasteiger partial charge < -0.3 is 15.9 Å². The zero-order chi connectivity index (χ0) is 18.5. The van der Waals surface area contributed by atoms with E-state index in [2.05, 4.69) is 12.7 Å². The third kappa shape index (κ3) is 29.4. The number of amides is 1. The number of carbonyl (C=O) groups excluding carboxylic acids is 1. The fourth-order valence-electron chi connectivity index (χ4n) is 2.69. The molecule has 24 heavy (non-hydrogen) atoms. The summed E-state index contributed by atoms with van der Waals surface area (Å²) < 4.78 is 0. The van der Waals surface area contributed by atoms with Crippen LogP contribution in [0, 0.1) is 0 Å². The van der Waals surface area contributed by atoms with E-state index >= 15 is 0 Å². The first-order valence-corrected chi connectivity index (χ1v) is 10.1. The van der Waals surface area contributed by atoms with Gasteiger partial charge >= 0.3 is 0 Å². The van der Waals surface area contributed by atoms with Crippen LogP contribution < -0.4 is 5.73 Å². The highest BCUT2D eigenvalue weighted by molar-refractivity contribution is 5.70. The average Bonchev–Trinajstić information content (AvgIpc) is 2.51. The predicted molar refractivity (Wildman–Crippen MR) is 103 cm³/mol. The smallest absolute Gasteiger partial charge is 0.214 e. The van der Waals surface area contributed by atoms with E-state index in [-0.39, 0.29) is 18.6 Å². The molecule has 0 aromatic carbocycles. The number of aliphatic hydroxyl groups excluding tert-OH is 2. The van der Waals surface area contributed by atoms with Crippen LogP contribution in [0.5, 0.6) is 0 Å². The van der Waals surface area contributed by atoms with Crippen LogP contribution >= 0.6 is 0 Å². The van der Waals surface area contributed by atoms with E-state index in [1.54, 1.807) is 0 Å². The van der Waals surface area contributed by atoms with Crippen molar-refractivity contribution in [1.82, 2.24) is 0 Å². The molecule has 0 bridgehead atoms. The van der Waals surface area contributed by atoms with E-state index in [1.165, 1.54) is 84.0 Å². The third-order valence-electron chi connectivity index (χ3n) is 4.10. The molecule has 0 fully saturated rings. The molecule has 0 aliphatic carbocycles. The number of carbonyl (C=O) groups is 1. The molecule has 4 N–H and O–H groups in total. The molecule has 0 aromatic heterocycles. The summed E-state index contributed by atoms with van der Waals surface area (Å²) in [6.45, 7) is 3.69. The fraction of sp³-hybridized carbons (Fsp3) is 0.950. The Morgan fingerprint density at radius 1 is 0.792 bits per heavy atom. The molecule has 4 heteroatoms. The highest BCUT2D eigenvalue weighted by Gasteiger charge is 2.02. The van der Waals surface area contributed by atoms with Gasteiger partial charge in [0.1, 0.15) is 0 Å². The molecule has 0 aromatic rings. The molecule has 0 aliphatic rings. The van der Waals surface area contributed by atoms with E-state index in [9.17, 15) is 9.90 Å². The van der Waals surface area contributed by atoms with Crippen LogP contribution in [0.2, 0.25) is 0 Å². The first-order valence-electron chi connectivity index (χ1n) is 10.1. The largest absolute Gasteiger partial charge is 0.396 e. The quantitative estimate of drug-likeness (QED) is 0.354. The van der Waals surface area contributed by atoms with Crippen LogP contribution in [-0.2, 0) is 4.79 Å². The number of rotatable bonds is 16. The topological polar surface area (TPSA) is 83.6 Å². The summed E-state index contributed by atoms with van der Waals surface area (Å²) in [5, 5.41) is 18.1. The molecule has 1 atom stereocenters. The van der Waals surface area contributed by atoms with Crippen LogP contribution in [-0.4, -0.2) is 28.8 Å². The molecule has 0 rings (SSSR count). The monoisotopic (exact) mass is 345 g/mol. The fourth-order valence-corrected chi connectivity index (χ4v) is 2.69. The summed E-state index contributed by atoms with van der Waals surface area (Å²) in [6.07, 6.45) is 18.8. The standard InChI is InChI=1S/C18H38O2.C2H5NO/c1-2-3-4-5-6-7-8-9-10-11-12-13-14-15-18(20)16-17-19;1-2(3)4/h18-20H,2-17H2,1H3;1H3,(H2,3,4). The Balaban J connectivity index is 0. The average molecular weight is 346 g/mol. The predicted octanol–water partition coefficient (Wildman–Crippen LogP) is 4.70. The molecular formula is C20H43NO3. The van der Waals surface area contributed by atoms with E-state index in [0.717, 1.165) is 12.8 Å². The van der Waals surface area contributed by atoms with Gasteiger partial charge in [0, 0.05) is 13.5 Å². The number of nitrogens with two attached hydrogens (primary N) is 1. The van der Waals surface area contributed by atoms with Gasteiger partial charge in [0.25, 0.3) is 0 Å². The van der Waals surface area contributed by atoms with E-state index in [1.807, 2.05) is 0 Å². The summed E-state index contributed by atoms with van der Waals surface area (Å²) in [5.74, 6) is -0.333. The second-order valence-electron chi connectivity index (χ2n) is 6.81. The molecule has 146 valence electrons. The van der Waals surface area contributed by atoms with Crippen molar-refractivity contribution >= 4 is 5.91 Å². The van der Waals surface area contributed by atoms with Gasteiger partial charge in [-0.25, -0.2) is 0 Å². The van der Waals surface area contributed by atoms with Crippen molar-refractivity contribution in [3.05, 3.63) is 0 Å². The molecule has 0 saturated carbocycles. The van der Waals surface area contributed by atoms with Crippen molar-refractivity contribution in [1.29, 1.82) is 0 Å². The molecule has 0 aliphatic heterocycles. The van der Waals surface area contributed by atoms with Crippen LogP contribution in [0.25, 0.3) is 0 Å². The molecule has 1 amide bonds. The summed E-state index contributed by atoms with van der Waals surface area (Å²) >= 11 is 0. The molecule has 4 nitrogen and oxygen atoms in total. The van der Waals surface area contributed by atoms with Crippen LogP contribution in [0.15, 0.2) is 0 Å². The maximum Gasteiger partial charge on any atom is 0.214 e. The minimum Gasteiger partial charge on any atom is -0.396 e. The first-order chi connectivity index (χ1) is 11.5. The SMILES string of the molecule is CC(N)=O.CCCCCCCCCCCCCCCC(O)CCO. The molecular weight excluding hydrogens is 302 g/mol. The van der Waals surface area contributed by atoms with Crippen molar-refractivity contribution in [2.75, 3.05) is 6.61 Å². The Morgan fingerprint density at radius 2 is 1.12 bits per heavy atom. The van der Waals surface area contributed by atoms with Gasteiger partial charge in [-0.2, -0.15) is 0 Å². The molecule has 0 radical (unpaired) electrons. The van der Waals surface area contributed by atoms with E-state index in [4.69, 9.17) is 5.11 Å².